The first-order chi connectivity index (χ1) is 14.0. The minimum atomic E-state index is -0.285. The highest BCUT2D eigenvalue weighted by Crippen LogP contribution is 2.19. The monoisotopic (exact) mass is 391 g/mol. The Morgan fingerprint density at radius 2 is 2.03 bits per heavy atom. The quantitative estimate of drug-likeness (QED) is 0.532. The molecule has 4 aromatic rings. The SMILES string of the molecule is CC(=O)Nc1cccc(C(=O)NCc2nnc3cc(-c4nc(C)no4)ccn23)c1. The predicted octanol–water partition coefficient (Wildman–Crippen LogP) is 1.98. The molecule has 0 bridgehead atoms. The highest BCUT2D eigenvalue weighted by molar-refractivity contribution is 5.96. The smallest absolute Gasteiger partial charge is 0.258 e. The highest BCUT2D eigenvalue weighted by atomic mass is 16.5. The molecule has 2 amide bonds. The zero-order chi connectivity index (χ0) is 20.4. The number of aromatic nitrogens is 5. The van der Waals surface area contributed by atoms with Gasteiger partial charge in [0.1, 0.15) is 0 Å². The van der Waals surface area contributed by atoms with E-state index in [2.05, 4.69) is 31.0 Å². The van der Waals surface area contributed by atoms with Crippen LogP contribution in [0.3, 0.4) is 0 Å². The van der Waals surface area contributed by atoms with Gasteiger partial charge < -0.3 is 15.2 Å². The molecule has 146 valence electrons. The van der Waals surface area contributed by atoms with Crippen LogP contribution in [-0.2, 0) is 11.3 Å². The van der Waals surface area contributed by atoms with Gasteiger partial charge in [0.15, 0.2) is 17.3 Å². The molecular weight excluding hydrogens is 374 g/mol. The fourth-order valence-electron chi connectivity index (χ4n) is 2.81. The van der Waals surface area contributed by atoms with Crippen molar-refractivity contribution in [3.8, 4) is 11.5 Å². The first kappa shape index (κ1) is 18.3. The van der Waals surface area contributed by atoms with Crippen LogP contribution in [0, 0.1) is 6.92 Å². The molecule has 0 aliphatic heterocycles. The maximum absolute atomic E-state index is 12.4. The van der Waals surface area contributed by atoms with Crippen molar-refractivity contribution >= 4 is 23.1 Å². The molecule has 0 fully saturated rings. The van der Waals surface area contributed by atoms with Gasteiger partial charge in [0.2, 0.25) is 5.91 Å². The Kier molecular flexibility index (Phi) is 4.73. The third kappa shape index (κ3) is 3.95. The van der Waals surface area contributed by atoms with Crippen LogP contribution in [0.1, 0.15) is 28.9 Å². The summed E-state index contributed by atoms with van der Waals surface area (Å²) in [5, 5.41) is 17.5. The van der Waals surface area contributed by atoms with Gasteiger partial charge in [-0.05, 0) is 37.3 Å². The Labute approximate surface area is 165 Å². The van der Waals surface area contributed by atoms with Gasteiger partial charge >= 0.3 is 0 Å². The predicted molar refractivity (Wildman–Crippen MR) is 103 cm³/mol. The summed E-state index contributed by atoms with van der Waals surface area (Å²) < 4.78 is 6.93. The fraction of sp³-hybridized carbons (Fsp3) is 0.158. The number of anilines is 1. The average Bonchev–Trinajstić information content (AvgIpc) is 3.31. The Bertz CT molecular complexity index is 1210. The van der Waals surface area contributed by atoms with Crippen molar-refractivity contribution in [3.63, 3.8) is 0 Å². The van der Waals surface area contributed by atoms with Crippen molar-refractivity contribution in [2.45, 2.75) is 20.4 Å². The van der Waals surface area contributed by atoms with Crippen molar-refractivity contribution in [2.75, 3.05) is 5.32 Å². The number of nitrogens with one attached hydrogen (secondary N) is 2. The fourth-order valence-corrected chi connectivity index (χ4v) is 2.81. The summed E-state index contributed by atoms with van der Waals surface area (Å²) in [6.07, 6.45) is 1.78. The molecule has 3 aromatic heterocycles. The molecule has 0 saturated carbocycles. The molecule has 0 aliphatic rings. The molecule has 0 radical (unpaired) electrons. The number of carbonyl (C=O) groups excluding carboxylic acids is 2. The van der Waals surface area contributed by atoms with Gasteiger partial charge in [0, 0.05) is 29.9 Å². The standard InChI is InChI=1S/C19H17N7O3/c1-11-21-19(29-25-11)14-6-7-26-16(9-14)23-24-17(26)10-20-18(28)13-4-3-5-15(8-13)22-12(2)27/h3-9H,10H2,1-2H3,(H,20,28)(H,22,27). The molecule has 10 nitrogen and oxygen atoms in total. The van der Waals surface area contributed by atoms with E-state index in [0.29, 0.717) is 34.4 Å². The summed E-state index contributed by atoms with van der Waals surface area (Å²) in [6.45, 7) is 3.34. The first-order valence-corrected chi connectivity index (χ1v) is 8.80. The van der Waals surface area contributed by atoms with Crippen molar-refractivity contribution in [3.05, 3.63) is 59.8 Å². The van der Waals surface area contributed by atoms with E-state index < -0.39 is 0 Å². The number of rotatable bonds is 5. The van der Waals surface area contributed by atoms with Crippen LogP contribution in [0.25, 0.3) is 17.1 Å². The number of aryl methyl sites for hydroxylation is 1. The molecule has 0 atom stereocenters. The highest BCUT2D eigenvalue weighted by Gasteiger charge is 2.12. The van der Waals surface area contributed by atoms with Gasteiger partial charge in [-0.1, -0.05) is 11.2 Å². The normalized spacial score (nSPS) is 10.8. The zero-order valence-electron chi connectivity index (χ0n) is 15.7. The number of nitrogens with zero attached hydrogens (tertiary/aromatic N) is 5. The molecule has 10 heteroatoms. The minimum absolute atomic E-state index is 0.184. The third-order valence-electron chi connectivity index (χ3n) is 4.11. The molecule has 2 N–H and O–H groups in total. The summed E-state index contributed by atoms with van der Waals surface area (Å²) in [5.74, 6) is 1.04. The second kappa shape index (κ2) is 7.50. The summed E-state index contributed by atoms with van der Waals surface area (Å²) in [7, 11) is 0. The van der Waals surface area contributed by atoms with E-state index in [1.54, 1.807) is 47.9 Å². The molecule has 0 unspecified atom stereocenters. The van der Waals surface area contributed by atoms with Crippen molar-refractivity contribution in [1.82, 2.24) is 30.1 Å². The number of hydrogen-bond donors (Lipinski definition) is 2. The Morgan fingerprint density at radius 3 is 2.79 bits per heavy atom. The number of pyridine rings is 1. The van der Waals surface area contributed by atoms with Crippen molar-refractivity contribution in [2.24, 2.45) is 0 Å². The average molecular weight is 391 g/mol. The molecule has 0 spiro atoms. The van der Waals surface area contributed by atoms with Gasteiger partial charge in [-0.15, -0.1) is 10.2 Å². The van der Waals surface area contributed by atoms with Crippen LogP contribution in [0.5, 0.6) is 0 Å². The third-order valence-corrected chi connectivity index (χ3v) is 4.11. The van der Waals surface area contributed by atoms with Crippen LogP contribution in [-0.4, -0.2) is 36.6 Å². The van der Waals surface area contributed by atoms with E-state index in [-0.39, 0.29) is 18.4 Å². The lowest BCUT2D eigenvalue weighted by atomic mass is 10.2. The Morgan fingerprint density at radius 1 is 1.17 bits per heavy atom. The lowest BCUT2D eigenvalue weighted by molar-refractivity contribution is -0.114. The summed E-state index contributed by atoms with van der Waals surface area (Å²) >= 11 is 0. The van der Waals surface area contributed by atoms with E-state index in [1.807, 2.05) is 6.07 Å². The lowest BCUT2D eigenvalue weighted by Gasteiger charge is -2.07. The topological polar surface area (TPSA) is 127 Å². The molecule has 4 rings (SSSR count). The van der Waals surface area contributed by atoms with Crippen LogP contribution < -0.4 is 10.6 Å². The van der Waals surface area contributed by atoms with E-state index >= 15 is 0 Å². The van der Waals surface area contributed by atoms with Crippen molar-refractivity contribution in [1.29, 1.82) is 0 Å². The van der Waals surface area contributed by atoms with E-state index in [4.69, 9.17) is 4.52 Å². The van der Waals surface area contributed by atoms with E-state index in [0.717, 1.165) is 5.56 Å². The lowest BCUT2D eigenvalue weighted by Crippen LogP contribution is -2.24. The number of benzene rings is 1. The Balaban J connectivity index is 1.48. The van der Waals surface area contributed by atoms with Gasteiger partial charge in [0.25, 0.3) is 11.8 Å². The van der Waals surface area contributed by atoms with E-state index in [9.17, 15) is 9.59 Å². The van der Waals surface area contributed by atoms with Crippen LogP contribution in [0.2, 0.25) is 0 Å². The second-order valence-electron chi connectivity index (χ2n) is 6.35. The second-order valence-corrected chi connectivity index (χ2v) is 6.35. The number of fused-ring (bicyclic) bond motifs is 1. The Hall–Kier alpha value is -4.08. The minimum Gasteiger partial charge on any atom is -0.345 e. The number of hydrogen-bond acceptors (Lipinski definition) is 7. The molecular formula is C19H17N7O3. The van der Waals surface area contributed by atoms with Gasteiger partial charge in [-0.2, -0.15) is 4.98 Å². The molecule has 1 aromatic carbocycles. The van der Waals surface area contributed by atoms with Gasteiger partial charge in [-0.25, -0.2) is 0 Å². The molecule has 0 saturated heterocycles. The maximum Gasteiger partial charge on any atom is 0.258 e. The maximum atomic E-state index is 12.4. The summed E-state index contributed by atoms with van der Waals surface area (Å²) in [4.78, 5) is 27.8. The number of carbonyl (C=O) groups is 2. The summed E-state index contributed by atoms with van der Waals surface area (Å²) in [6, 6.07) is 10.3. The van der Waals surface area contributed by atoms with Gasteiger partial charge in [0.05, 0.1) is 6.54 Å². The zero-order valence-corrected chi connectivity index (χ0v) is 15.7. The summed E-state index contributed by atoms with van der Waals surface area (Å²) in [5.41, 5.74) is 2.31. The van der Waals surface area contributed by atoms with Crippen LogP contribution in [0.4, 0.5) is 5.69 Å². The molecule has 29 heavy (non-hydrogen) atoms. The van der Waals surface area contributed by atoms with Crippen LogP contribution >= 0.6 is 0 Å². The number of amides is 2. The molecule has 3 heterocycles. The van der Waals surface area contributed by atoms with Crippen molar-refractivity contribution < 1.29 is 14.1 Å². The van der Waals surface area contributed by atoms with E-state index in [1.165, 1.54) is 6.92 Å². The van der Waals surface area contributed by atoms with Gasteiger partial charge in [-0.3, -0.25) is 14.0 Å². The molecule has 0 aliphatic carbocycles. The largest absolute Gasteiger partial charge is 0.345 e. The van der Waals surface area contributed by atoms with Crippen LogP contribution in [0.15, 0.2) is 47.1 Å². The first-order valence-electron chi connectivity index (χ1n) is 8.80.